The second kappa shape index (κ2) is 8.89. The maximum Gasteiger partial charge on any atom is 0.122 e. The van der Waals surface area contributed by atoms with Crippen molar-refractivity contribution in [1.29, 1.82) is 0 Å². The van der Waals surface area contributed by atoms with Crippen LogP contribution in [0.3, 0.4) is 0 Å². The highest BCUT2D eigenvalue weighted by molar-refractivity contribution is 5.53. The van der Waals surface area contributed by atoms with Crippen molar-refractivity contribution in [3.05, 3.63) is 64.2 Å². The molecule has 0 aromatic heterocycles. The molecule has 2 nitrogen and oxygen atoms in total. The van der Waals surface area contributed by atoms with E-state index in [0.29, 0.717) is 5.75 Å². The van der Waals surface area contributed by atoms with Gasteiger partial charge in [0.1, 0.15) is 5.75 Å². The lowest BCUT2D eigenvalue weighted by atomic mass is 9.82. The number of aromatic hydroxyl groups is 1. The molecule has 0 radical (unpaired) electrons. The Morgan fingerprint density at radius 1 is 0.875 bits per heavy atom. The predicted octanol–water partition coefficient (Wildman–Crippen LogP) is 5.39. The second-order valence-electron chi connectivity index (χ2n) is 6.79. The molecule has 24 heavy (non-hydrogen) atoms. The molecule has 0 saturated heterocycles. The van der Waals surface area contributed by atoms with Crippen molar-refractivity contribution in [2.45, 2.75) is 58.8 Å². The highest BCUT2D eigenvalue weighted by atomic mass is 16.3. The van der Waals surface area contributed by atoms with Crippen molar-refractivity contribution in [1.82, 2.24) is 0 Å². The van der Waals surface area contributed by atoms with Gasteiger partial charge in [-0.1, -0.05) is 55.7 Å². The molecule has 0 aliphatic heterocycles. The molecule has 0 heterocycles. The molecule has 0 amide bonds. The predicted molar refractivity (Wildman–Crippen MR) is 101 cm³/mol. The first kappa shape index (κ1) is 18.5. The number of hydrogen-bond donors (Lipinski definition) is 2. The van der Waals surface area contributed by atoms with Gasteiger partial charge in [0.2, 0.25) is 0 Å². The lowest BCUT2D eigenvalue weighted by Crippen LogP contribution is -2.06. The number of phenols is 1. The molecule has 2 rings (SSSR count). The molecule has 2 aromatic carbocycles. The number of aliphatic hydroxyl groups excluding tert-OH is 1. The average Bonchev–Trinajstić information content (AvgIpc) is 2.59. The molecule has 0 spiro atoms. The van der Waals surface area contributed by atoms with Crippen LogP contribution >= 0.6 is 0 Å². The fraction of sp³-hybridized carbons (Fsp3) is 0.455. The van der Waals surface area contributed by atoms with Gasteiger partial charge < -0.3 is 10.2 Å². The lowest BCUT2D eigenvalue weighted by molar-refractivity contribution is 0.282. The summed E-state index contributed by atoms with van der Waals surface area (Å²) in [5, 5.41) is 19.7. The number of aryl methyl sites for hydroxylation is 2. The van der Waals surface area contributed by atoms with E-state index in [4.69, 9.17) is 5.11 Å². The highest BCUT2D eigenvalue weighted by Crippen LogP contribution is 2.40. The third-order valence-electron chi connectivity index (χ3n) is 5.01. The van der Waals surface area contributed by atoms with Crippen LogP contribution in [0.2, 0.25) is 0 Å². The van der Waals surface area contributed by atoms with Crippen molar-refractivity contribution >= 4 is 0 Å². The summed E-state index contributed by atoms with van der Waals surface area (Å²) in [6, 6.07) is 12.6. The first-order valence-electron chi connectivity index (χ1n) is 9.01. The minimum atomic E-state index is 0.221. The summed E-state index contributed by atoms with van der Waals surface area (Å²) in [7, 11) is 0. The zero-order valence-electron chi connectivity index (χ0n) is 15.2. The van der Waals surface area contributed by atoms with Crippen LogP contribution in [-0.4, -0.2) is 16.8 Å². The molecule has 2 heteroatoms. The molecule has 2 N–H and O–H groups in total. The summed E-state index contributed by atoms with van der Waals surface area (Å²) in [4.78, 5) is 0. The lowest BCUT2D eigenvalue weighted by Gasteiger charge is -2.23. The van der Waals surface area contributed by atoms with Crippen LogP contribution < -0.4 is 0 Å². The summed E-state index contributed by atoms with van der Waals surface area (Å²) in [6.07, 6.45) is 5.19. The van der Waals surface area contributed by atoms with Crippen LogP contribution in [0.4, 0.5) is 0 Å². The maximum atomic E-state index is 10.7. The van der Waals surface area contributed by atoms with E-state index in [-0.39, 0.29) is 12.5 Å². The smallest absolute Gasteiger partial charge is 0.122 e. The van der Waals surface area contributed by atoms with Crippen LogP contribution in [0.25, 0.3) is 0 Å². The quantitative estimate of drug-likeness (QED) is 0.638. The van der Waals surface area contributed by atoms with Crippen LogP contribution in [0.1, 0.15) is 65.8 Å². The van der Waals surface area contributed by atoms with Gasteiger partial charge in [0.05, 0.1) is 0 Å². The third-order valence-corrected chi connectivity index (χ3v) is 5.01. The van der Waals surface area contributed by atoms with E-state index in [1.807, 2.05) is 13.0 Å². The van der Waals surface area contributed by atoms with Gasteiger partial charge in [0, 0.05) is 18.1 Å². The van der Waals surface area contributed by atoms with E-state index < -0.39 is 0 Å². The molecule has 0 aliphatic carbocycles. The Labute approximate surface area is 146 Å². The van der Waals surface area contributed by atoms with Gasteiger partial charge in [0.15, 0.2) is 0 Å². The first-order valence-corrected chi connectivity index (χ1v) is 9.01. The van der Waals surface area contributed by atoms with Crippen LogP contribution in [0.5, 0.6) is 5.75 Å². The third kappa shape index (κ3) is 4.39. The van der Waals surface area contributed by atoms with Crippen LogP contribution in [-0.2, 0) is 0 Å². The fourth-order valence-electron chi connectivity index (χ4n) is 3.51. The molecule has 0 aliphatic rings. The normalized spacial score (nSPS) is 12.3. The van der Waals surface area contributed by atoms with Crippen molar-refractivity contribution in [2.24, 2.45) is 0 Å². The van der Waals surface area contributed by atoms with Gasteiger partial charge >= 0.3 is 0 Å². The highest BCUT2D eigenvalue weighted by Gasteiger charge is 2.21. The molecule has 0 bridgehead atoms. The largest absolute Gasteiger partial charge is 0.507 e. The van der Waals surface area contributed by atoms with E-state index in [0.717, 1.165) is 43.2 Å². The van der Waals surface area contributed by atoms with Gasteiger partial charge in [0.25, 0.3) is 0 Å². The Bertz CT molecular complexity index is 621. The maximum absolute atomic E-state index is 10.7. The molecule has 0 saturated carbocycles. The molecule has 1 atom stereocenters. The zero-order valence-corrected chi connectivity index (χ0v) is 15.2. The Morgan fingerprint density at radius 3 is 2.21 bits per heavy atom. The Balaban J connectivity index is 2.33. The fourth-order valence-corrected chi connectivity index (χ4v) is 3.51. The Kier molecular flexibility index (Phi) is 6.86. The van der Waals surface area contributed by atoms with Crippen LogP contribution in [0.15, 0.2) is 36.4 Å². The van der Waals surface area contributed by atoms with Crippen molar-refractivity contribution in [3.8, 4) is 5.75 Å². The van der Waals surface area contributed by atoms with E-state index in [1.165, 1.54) is 16.7 Å². The molecule has 130 valence electrons. The SMILES string of the molecule is Cc1cc(C)c(O)c(C(CCCCCCO)c2ccccc2)c1C. The van der Waals surface area contributed by atoms with Gasteiger partial charge in [-0.25, -0.2) is 0 Å². The molecule has 2 aromatic rings. The molecule has 1 unspecified atom stereocenters. The van der Waals surface area contributed by atoms with E-state index >= 15 is 0 Å². The van der Waals surface area contributed by atoms with Gasteiger partial charge in [-0.2, -0.15) is 0 Å². The van der Waals surface area contributed by atoms with Crippen molar-refractivity contribution in [2.75, 3.05) is 6.61 Å². The zero-order chi connectivity index (χ0) is 17.5. The topological polar surface area (TPSA) is 40.5 Å². The van der Waals surface area contributed by atoms with Gasteiger partial charge in [-0.15, -0.1) is 0 Å². The van der Waals surface area contributed by atoms with E-state index in [1.54, 1.807) is 0 Å². The minimum Gasteiger partial charge on any atom is -0.507 e. The average molecular weight is 326 g/mol. The summed E-state index contributed by atoms with van der Waals surface area (Å²) < 4.78 is 0. The standard InChI is InChI=1S/C22H30O2/c1-16-15-17(2)22(24)21(18(16)3)20(13-9-4-5-10-14-23)19-11-7-6-8-12-19/h6-8,11-12,15,20,23-24H,4-5,9-10,13-14H2,1-3H3. The summed E-state index contributed by atoms with van der Waals surface area (Å²) in [6.45, 7) is 6.49. The molecule has 0 fully saturated rings. The number of hydrogen-bond acceptors (Lipinski definition) is 2. The van der Waals surface area contributed by atoms with E-state index in [2.05, 4.69) is 44.2 Å². The number of unbranched alkanes of at least 4 members (excludes halogenated alkanes) is 3. The van der Waals surface area contributed by atoms with E-state index in [9.17, 15) is 5.11 Å². The van der Waals surface area contributed by atoms with Crippen LogP contribution in [0, 0.1) is 20.8 Å². The monoisotopic (exact) mass is 326 g/mol. The Hall–Kier alpha value is -1.80. The van der Waals surface area contributed by atoms with Gasteiger partial charge in [-0.3, -0.25) is 0 Å². The summed E-state index contributed by atoms with van der Waals surface area (Å²) in [5.74, 6) is 0.668. The summed E-state index contributed by atoms with van der Waals surface area (Å²) >= 11 is 0. The minimum absolute atomic E-state index is 0.221. The number of phenolic OH excluding ortho intramolecular Hbond substituents is 1. The Morgan fingerprint density at radius 2 is 1.54 bits per heavy atom. The van der Waals surface area contributed by atoms with Crippen molar-refractivity contribution in [3.63, 3.8) is 0 Å². The number of benzene rings is 2. The number of rotatable bonds is 8. The first-order chi connectivity index (χ1) is 11.6. The molecular formula is C22H30O2. The summed E-state index contributed by atoms with van der Waals surface area (Å²) in [5.41, 5.74) is 5.74. The van der Waals surface area contributed by atoms with Crippen molar-refractivity contribution < 1.29 is 10.2 Å². The molecular weight excluding hydrogens is 296 g/mol. The second-order valence-corrected chi connectivity index (χ2v) is 6.79. The van der Waals surface area contributed by atoms with Gasteiger partial charge in [-0.05, 0) is 55.9 Å². The number of aliphatic hydroxyl groups is 1.